The number of methoxy groups -OCH3 is 1. The molecule has 4 N–H and O–H groups in total. The van der Waals surface area contributed by atoms with Gasteiger partial charge >= 0.3 is 12.1 Å². The Morgan fingerprint density at radius 2 is 1.80 bits per heavy atom. The largest absolute Gasteiger partial charge is 0.494 e. The van der Waals surface area contributed by atoms with Crippen molar-refractivity contribution < 1.29 is 37.3 Å². The molecule has 45 heavy (non-hydrogen) atoms. The van der Waals surface area contributed by atoms with Crippen molar-refractivity contribution in [1.82, 2.24) is 15.3 Å². The number of carboxylic acids is 1. The van der Waals surface area contributed by atoms with Gasteiger partial charge in [0.25, 0.3) is 5.91 Å². The first-order chi connectivity index (χ1) is 21.4. The van der Waals surface area contributed by atoms with Crippen molar-refractivity contribution >= 4 is 35.0 Å². The van der Waals surface area contributed by atoms with Gasteiger partial charge in [-0.1, -0.05) is 12.1 Å². The summed E-state index contributed by atoms with van der Waals surface area (Å²) in [5, 5.41) is 18.1. The number of halogens is 3. The molecule has 4 saturated carbocycles. The van der Waals surface area contributed by atoms with Crippen LogP contribution in [0.3, 0.4) is 0 Å². The number of hydrogen-bond acceptors (Lipinski definition) is 8. The number of benzene rings is 2. The maximum atomic E-state index is 14.0. The summed E-state index contributed by atoms with van der Waals surface area (Å²) in [6.45, 7) is 1.67. The third kappa shape index (κ3) is 5.71. The lowest BCUT2D eigenvalue weighted by atomic mass is 9.48. The number of carbonyl (C=O) groups excluding carboxylic acids is 1. The van der Waals surface area contributed by atoms with Crippen LogP contribution in [0.2, 0.25) is 0 Å². The summed E-state index contributed by atoms with van der Waals surface area (Å²) >= 11 is 0. The summed E-state index contributed by atoms with van der Waals surface area (Å²) in [6.07, 6.45) is -0.281. The molecule has 2 unspecified atom stereocenters. The number of rotatable bonds is 9. The van der Waals surface area contributed by atoms with Crippen LogP contribution in [0.15, 0.2) is 42.6 Å². The molecule has 4 fully saturated rings. The fourth-order valence-corrected chi connectivity index (χ4v) is 7.58. The van der Waals surface area contributed by atoms with Gasteiger partial charge < -0.3 is 30.5 Å². The number of amides is 1. The molecule has 1 amide bonds. The lowest BCUT2D eigenvalue weighted by Crippen LogP contribution is -2.57. The van der Waals surface area contributed by atoms with Crippen molar-refractivity contribution in [3.63, 3.8) is 0 Å². The van der Waals surface area contributed by atoms with Crippen LogP contribution in [0, 0.1) is 30.1 Å². The van der Waals surface area contributed by atoms with Crippen LogP contribution in [-0.2, 0) is 11.0 Å². The Morgan fingerprint density at radius 1 is 1.07 bits per heavy atom. The van der Waals surface area contributed by atoms with Gasteiger partial charge in [-0.15, -0.1) is 0 Å². The molecular formula is C32H34F3N5O5. The Kier molecular flexibility index (Phi) is 7.74. The van der Waals surface area contributed by atoms with Crippen LogP contribution >= 0.6 is 0 Å². The molecule has 4 aliphatic rings. The molecule has 238 valence electrons. The monoisotopic (exact) mass is 625 g/mol. The van der Waals surface area contributed by atoms with Gasteiger partial charge in [-0.3, -0.25) is 9.59 Å². The number of ether oxygens (including phenoxy) is 2. The Hall–Kier alpha value is -4.55. The van der Waals surface area contributed by atoms with Gasteiger partial charge in [-0.2, -0.15) is 18.2 Å². The van der Waals surface area contributed by atoms with Gasteiger partial charge in [-0.25, -0.2) is 4.98 Å². The van der Waals surface area contributed by atoms with E-state index in [-0.39, 0.29) is 35.1 Å². The standard InChI is InChI=1S/C32H34F3N5O5/c1-16-5-4-6-21(28(41)36-2)25(16)39-27-22(32(33,34)35)15-37-30(40-27)38-23-8-7-20(11-24(23)44-3)45-26-18-9-17-10-19(26)14-31(12-17,13-18)29(42)43/h4-8,11,15,17-19,26H,9-10,12-14H2,1-3H3,(H,36,41)(H,42,43)(H2,37,38,39,40). The predicted molar refractivity (Wildman–Crippen MR) is 159 cm³/mol. The van der Waals surface area contributed by atoms with E-state index in [2.05, 4.69) is 25.9 Å². The fraction of sp³-hybridized carbons (Fsp3) is 0.438. The number of hydrogen-bond donors (Lipinski definition) is 4. The number of carbonyl (C=O) groups is 2. The maximum Gasteiger partial charge on any atom is 0.421 e. The summed E-state index contributed by atoms with van der Waals surface area (Å²) in [6, 6.07) is 9.90. The molecule has 2 atom stereocenters. The van der Waals surface area contributed by atoms with E-state index in [9.17, 15) is 27.9 Å². The fourth-order valence-electron chi connectivity index (χ4n) is 7.58. The van der Waals surface area contributed by atoms with Crippen LogP contribution in [0.4, 0.5) is 36.3 Å². The highest BCUT2D eigenvalue weighted by Gasteiger charge is 2.59. The Balaban J connectivity index is 1.25. The summed E-state index contributed by atoms with van der Waals surface area (Å²) < 4.78 is 54.0. The smallest absolute Gasteiger partial charge is 0.421 e. The van der Waals surface area contributed by atoms with Gasteiger partial charge in [0.05, 0.1) is 29.5 Å². The zero-order valence-electron chi connectivity index (χ0n) is 25.0. The summed E-state index contributed by atoms with van der Waals surface area (Å²) in [7, 11) is 2.90. The Morgan fingerprint density at radius 3 is 2.44 bits per heavy atom. The first-order valence-corrected chi connectivity index (χ1v) is 14.8. The van der Waals surface area contributed by atoms with Crippen LogP contribution in [0.1, 0.15) is 53.6 Å². The number of nitrogens with one attached hydrogen (secondary N) is 3. The minimum Gasteiger partial charge on any atom is -0.494 e. The topological polar surface area (TPSA) is 135 Å². The molecule has 0 radical (unpaired) electrons. The molecule has 2 aromatic carbocycles. The van der Waals surface area contributed by atoms with Crippen LogP contribution in [-0.4, -0.2) is 47.2 Å². The molecule has 13 heteroatoms. The number of aliphatic carboxylic acids is 1. The lowest BCUT2D eigenvalue weighted by Gasteiger charge is -2.57. The van der Waals surface area contributed by atoms with E-state index >= 15 is 0 Å². The molecule has 4 aliphatic carbocycles. The first-order valence-electron chi connectivity index (χ1n) is 14.8. The van der Waals surface area contributed by atoms with Crippen LogP contribution < -0.4 is 25.4 Å². The quantitative estimate of drug-likeness (QED) is 0.216. The molecule has 4 bridgehead atoms. The molecule has 1 aromatic heterocycles. The highest BCUT2D eigenvalue weighted by Crippen LogP contribution is 2.61. The minimum atomic E-state index is -4.77. The van der Waals surface area contributed by atoms with Crippen molar-refractivity contribution in [2.75, 3.05) is 24.8 Å². The van der Waals surface area contributed by atoms with E-state index in [1.54, 1.807) is 37.3 Å². The van der Waals surface area contributed by atoms with Crippen LogP contribution in [0.25, 0.3) is 0 Å². The SMILES string of the molecule is CNC(=O)c1cccc(C)c1Nc1nc(Nc2ccc(OC3C4CC5CC3CC(C(=O)O)(C5)C4)cc2OC)ncc1C(F)(F)F. The van der Waals surface area contributed by atoms with Gasteiger partial charge in [0.1, 0.15) is 29.0 Å². The van der Waals surface area contributed by atoms with Gasteiger partial charge in [0.2, 0.25) is 5.95 Å². The minimum absolute atomic E-state index is 0.0921. The van der Waals surface area contributed by atoms with Crippen molar-refractivity contribution in [3.8, 4) is 11.5 Å². The number of nitrogens with zero attached hydrogens (tertiary/aromatic N) is 2. The number of aromatic nitrogens is 2. The van der Waals surface area contributed by atoms with Gasteiger partial charge in [0, 0.05) is 19.3 Å². The Bertz CT molecular complexity index is 1630. The van der Waals surface area contributed by atoms with Crippen molar-refractivity contribution in [1.29, 1.82) is 0 Å². The van der Waals surface area contributed by atoms with Crippen LogP contribution in [0.5, 0.6) is 11.5 Å². The number of anilines is 4. The summed E-state index contributed by atoms with van der Waals surface area (Å²) in [5.74, 6) is -0.167. The molecule has 3 aromatic rings. The highest BCUT2D eigenvalue weighted by molar-refractivity contribution is 6.00. The second-order valence-electron chi connectivity index (χ2n) is 12.3. The third-order valence-corrected chi connectivity index (χ3v) is 9.41. The molecule has 1 heterocycles. The predicted octanol–water partition coefficient (Wildman–Crippen LogP) is 6.32. The summed E-state index contributed by atoms with van der Waals surface area (Å²) in [4.78, 5) is 32.6. The van der Waals surface area contributed by atoms with E-state index < -0.39 is 34.8 Å². The van der Waals surface area contributed by atoms with Crippen molar-refractivity contribution in [3.05, 3.63) is 59.3 Å². The first kappa shape index (κ1) is 30.5. The third-order valence-electron chi connectivity index (χ3n) is 9.41. The average Bonchev–Trinajstić information content (AvgIpc) is 2.99. The average molecular weight is 626 g/mol. The molecule has 7 rings (SSSR count). The number of alkyl halides is 3. The Labute approximate surface area is 257 Å². The van der Waals surface area contributed by atoms with Gasteiger partial charge in [0.15, 0.2) is 0 Å². The zero-order chi connectivity index (χ0) is 32.1. The molecule has 10 nitrogen and oxygen atoms in total. The number of aryl methyl sites for hydroxylation is 1. The normalized spacial score (nSPS) is 25.0. The molecule has 0 aliphatic heterocycles. The van der Waals surface area contributed by atoms with E-state index in [1.807, 2.05) is 0 Å². The van der Waals surface area contributed by atoms with E-state index in [1.165, 1.54) is 20.2 Å². The van der Waals surface area contributed by atoms with E-state index in [4.69, 9.17) is 9.47 Å². The number of carboxylic acid groups (broad SMARTS) is 1. The summed E-state index contributed by atoms with van der Waals surface area (Å²) in [5.41, 5.74) is -0.451. The highest BCUT2D eigenvalue weighted by atomic mass is 19.4. The van der Waals surface area contributed by atoms with Gasteiger partial charge in [-0.05, 0) is 80.5 Å². The number of para-hydroxylation sites is 1. The molecule has 0 spiro atoms. The lowest BCUT2D eigenvalue weighted by molar-refractivity contribution is -0.175. The van der Waals surface area contributed by atoms with Crippen molar-refractivity contribution in [2.24, 2.45) is 23.2 Å². The van der Waals surface area contributed by atoms with E-state index in [0.29, 0.717) is 47.7 Å². The van der Waals surface area contributed by atoms with E-state index in [0.717, 1.165) is 19.3 Å². The molecule has 0 saturated heterocycles. The second kappa shape index (κ2) is 11.4. The molecular weight excluding hydrogens is 591 g/mol. The van der Waals surface area contributed by atoms with Crippen molar-refractivity contribution in [2.45, 2.75) is 51.3 Å². The maximum absolute atomic E-state index is 14.0. The zero-order valence-corrected chi connectivity index (χ0v) is 25.0. The second-order valence-corrected chi connectivity index (χ2v) is 12.3.